The first-order valence-electron chi connectivity index (χ1n) is 7.38. The van der Waals surface area contributed by atoms with Crippen molar-refractivity contribution in [2.24, 2.45) is 0 Å². The smallest absolute Gasteiger partial charge is 0.322 e. The summed E-state index contributed by atoms with van der Waals surface area (Å²) in [5.74, 6) is 0. The number of ether oxygens (including phenoxy) is 1. The summed E-state index contributed by atoms with van der Waals surface area (Å²) in [7, 11) is 0. The Bertz CT molecular complexity index is 615. The number of amides is 2. The SMILES string of the molecule is CC1(C)Cc2c(sc(NC(=O)N(CCO)CCO)c2C#N)CO1. The molecule has 3 N–H and O–H groups in total. The Balaban J connectivity index is 2.22. The zero-order valence-electron chi connectivity index (χ0n) is 13.3. The summed E-state index contributed by atoms with van der Waals surface area (Å²) in [4.78, 5) is 14.5. The van der Waals surface area contributed by atoms with Gasteiger partial charge in [-0.25, -0.2) is 4.79 Å². The van der Waals surface area contributed by atoms with Crippen LogP contribution in [-0.4, -0.2) is 53.0 Å². The minimum Gasteiger partial charge on any atom is -0.395 e. The van der Waals surface area contributed by atoms with E-state index < -0.39 is 6.03 Å². The number of anilines is 1. The second-order valence-corrected chi connectivity index (χ2v) is 7.01. The number of nitrogens with zero attached hydrogens (tertiary/aromatic N) is 2. The molecule has 0 aliphatic carbocycles. The summed E-state index contributed by atoms with van der Waals surface area (Å²) in [6.45, 7) is 4.22. The molecule has 0 saturated carbocycles. The van der Waals surface area contributed by atoms with Crippen LogP contribution in [0.25, 0.3) is 0 Å². The molecule has 8 heteroatoms. The van der Waals surface area contributed by atoms with Gasteiger partial charge in [0.15, 0.2) is 0 Å². The lowest BCUT2D eigenvalue weighted by atomic mass is 9.93. The van der Waals surface area contributed by atoms with E-state index in [-0.39, 0.29) is 31.9 Å². The highest BCUT2D eigenvalue weighted by atomic mass is 32.1. The molecule has 2 amide bonds. The van der Waals surface area contributed by atoms with E-state index in [1.54, 1.807) is 0 Å². The highest BCUT2D eigenvalue weighted by molar-refractivity contribution is 7.16. The third-order valence-corrected chi connectivity index (χ3v) is 4.77. The van der Waals surface area contributed by atoms with Gasteiger partial charge in [0.2, 0.25) is 0 Å². The Morgan fingerprint density at radius 3 is 2.65 bits per heavy atom. The predicted molar refractivity (Wildman–Crippen MR) is 86.4 cm³/mol. The number of nitriles is 1. The van der Waals surface area contributed by atoms with Crippen molar-refractivity contribution in [2.75, 3.05) is 31.6 Å². The molecule has 23 heavy (non-hydrogen) atoms. The molecule has 0 atom stereocenters. The molecule has 1 aromatic heterocycles. The normalized spacial score (nSPS) is 15.6. The van der Waals surface area contributed by atoms with Crippen LogP contribution in [0.4, 0.5) is 9.80 Å². The molecule has 0 saturated heterocycles. The fourth-order valence-corrected chi connectivity index (χ4v) is 3.56. The van der Waals surface area contributed by atoms with Gasteiger partial charge in [0.05, 0.1) is 31.0 Å². The fourth-order valence-electron chi connectivity index (χ4n) is 2.49. The summed E-state index contributed by atoms with van der Waals surface area (Å²) in [6.07, 6.45) is 0.620. The van der Waals surface area contributed by atoms with E-state index in [9.17, 15) is 10.1 Å². The predicted octanol–water partition coefficient (Wildman–Crippen LogP) is 1.29. The molecule has 0 spiro atoms. The van der Waals surface area contributed by atoms with Crippen LogP contribution in [0.15, 0.2) is 0 Å². The van der Waals surface area contributed by atoms with Gasteiger partial charge in [-0.15, -0.1) is 11.3 Å². The van der Waals surface area contributed by atoms with Crippen molar-refractivity contribution >= 4 is 22.4 Å². The standard InChI is InChI=1S/C15H21N3O4S/c1-15(2)7-10-11(8-16)13(23-12(10)9-22-15)17-14(21)18(3-5-19)4-6-20/h19-20H,3-7,9H2,1-2H3,(H,17,21). The molecule has 0 radical (unpaired) electrons. The molecule has 126 valence electrons. The van der Waals surface area contributed by atoms with Crippen LogP contribution in [-0.2, 0) is 17.8 Å². The van der Waals surface area contributed by atoms with E-state index in [1.807, 2.05) is 13.8 Å². The summed E-state index contributed by atoms with van der Waals surface area (Å²) in [5.41, 5.74) is 1.07. The first-order chi connectivity index (χ1) is 10.9. The maximum absolute atomic E-state index is 12.3. The van der Waals surface area contributed by atoms with E-state index in [4.69, 9.17) is 14.9 Å². The zero-order valence-corrected chi connectivity index (χ0v) is 14.1. The van der Waals surface area contributed by atoms with Gasteiger partial charge in [-0.1, -0.05) is 0 Å². The minimum atomic E-state index is -0.441. The van der Waals surface area contributed by atoms with Crippen LogP contribution >= 0.6 is 11.3 Å². The number of hydrogen-bond acceptors (Lipinski definition) is 6. The van der Waals surface area contributed by atoms with Gasteiger partial charge in [-0.3, -0.25) is 5.32 Å². The van der Waals surface area contributed by atoms with Crippen molar-refractivity contribution in [3.63, 3.8) is 0 Å². The quantitative estimate of drug-likeness (QED) is 0.749. The average Bonchev–Trinajstić information content (AvgIpc) is 2.82. The lowest BCUT2D eigenvalue weighted by Gasteiger charge is -2.29. The Hall–Kier alpha value is -1.66. The van der Waals surface area contributed by atoms with Crippen LogP contribution in [0, 0.1) is 11.3 Å². The molecule has 1 aliphatic rings. The van der Waals surface area contributed by atoms with Gasteiger partial charge < -0.3 is 19.8 Å². The number of carbonyl (C=O) groups excluding carboxylic acids is 1. The molecular formula is C15H21N3O4S. The molecule has 7 nitrogen and oxygen atoms in total. The maximum Gasteiger partial charge on any atom is 0.322 e. The second-order valence-electron chi connectivity index (χ2n) is 5.91. The molecule has 2 rings (SSSR count). The van der Waals surface area contributed by atoms with Gasteiger partial charge in [0, 0.05) is 24.4 Å². The minimum absolute atomic E-state index is 0.121. The maximum atomic E-state index is 12.3. The number of urea groups is 1. The Morgan fingerprint density at radius 1 is 1.43 bits per heavy atom. The highest BCUT2D eigenvalue weighted by Gasteiger charge is 2.31. The number of aliphatic hydroxyl groups is 2. The second kappa shape index (κ2) is 7.27. The van der Waals surface area contributed by atoms with Crippen molar-refractivity contribution in [3.05, 3.63) is 16.0 Å². The molecule has 0 fully saturated rings. The van der Waals surface area contributed by atoms with Crippen LogP contribution in [0.1, 0.15) is 29.9 Å². The highest BCUT2D eigenvalue weighted by Crippen LogP contribution is 2.40. The van der Waals surface area contributed by atoms with E-state index in [1.165, 1.54) is 16.2 Å². The molecule has 1 aliphatic heterocycles. The van der Waals surface area contributed by atoms with E-state index in [0.29, 0.717) is 23.6 Å². The summed E-state index contributed by atoms with van der Waals surface area (Å²) in [5, 5.41) is 30.7. The van der Waals surface area contributed by atoms with Crippen molar-refractivity contribution in [1.82, 2.24) is 4.90 Å². The zero-order chi connectivity index (χ0) is 17.0. The van der Waals surface area contributed by atoms with Crippen LogP contribution in [0.2, 0.25) is 0 Å². The molecular weight excluding hydrogens is 318 g/mol. The van der Waals surface area contributed by atoms with E-state index in [0.717, 1.165) is 10.4 Å². The number of nitrogens with one attached hydrogen (secondary N) is 1. The molecule has 2 heterocycles. The Kier molecular flexibility index (Phi) is 5.59. The van der Waals surface area contributed by atoms with E-state index in [2.05, 4.69) is 11.4 Å². The van der Waals surface area contributed by atoms with Crippen LogP contribution in [0.3, 0.4) is 0 Å². The van der Waals surface area contributed by atoms with Gasteiger partial charge in [0.25, 0.3) is 0 Å². The number of hydrogen-bond donors (Lipinski definition) is 3. The van der Waals surface area contributed by atoms with Gasteiger partial charge in [-0.05, 0) is 19.4 Å². The number of rotatable bonds is 5. The number of aliphatic hydroxyl groups excluding tert-OH is 2. The molecule has 0 unspecified atom stereocenters. The molecule has 1 aromatic rings. The van der Waals surface area contributed by atoms with Crippen molar-refractivity contribution in [1.29, 1.82) is 5.26 Å². The van der Waals surface area contributed by atoms with Gasteiger partial charge >= 0.3 is 6.03 Å². The van der Waals surface area contributed by atoms with Crippen molar-refractivity contribution < 1.29 is 19.7 Å². The first-order valence-corrected chi connectivity index (χ1v) is 8.19. The largest absolute Gasteiger partial charge is 0.395 e. The summed E-state index contributed by atoms with van der Waals surface area (Å²) >= 11 is 1.34. The fraction of sp³-hybridized carbons (Fsp3) is 0.600. The molecule has 0 aromatic carbocycles. The lowest BCUT2D eigenvalue weighted by Crippen LogP contribution is -2.38. The third-order valence-electron chi connectivity index (χ3n) is 3.65. The number of thiophene rings is 1. The third kappa shape index (κ3) is 4.00. The van der Waals surface area contributed by atoms with Crippen LogP contribution in [0.5, 0.6) is 0 Å². The summed E-state index contributed by atoms with van der Waals surface area (Å²) in [6, 6.07) is 1.73. The number of fused-ring (bicyclic) bond motifs is 1. The Labute approximate surface area is 139 Å². The lowest BCUT2D eigenvalue weighted by molar-refractivity contribution is -0.0383. The van der Waals surface area contributed by atoms with Crippen molar-refractivity contribution in [3.8, 4) is 6.07 Å². The van der Waals surface area contributed by atoms with Crippen molar-refractivity contribution in [2.45, 2.75) is 32.5 Å². The average molecular weight is 339 g/mol. The first kappa shape index (κ1) is 17.7. The van der Waals surface area contributed by atoms with Crippen LogP contribution < -0.4 is 5.32 Å². The Morgan fingerprint density at radius 2 is 2.09 bits per heavy atom. The van der Waals surface area contributed by atoms with Gasteiger partial charge in [0.1, 0.15) is 11.1 Å². The summed E-state index contributed by atoms with van der Waals surface area (Å²) < 4.78 is 5.75. The van der Waals surface area contributed by atoms with Gasteiger partial charge in [-0.2, -0.15) is 5.26 Å². The topological polar surface area (TPSA) is 106 Å². The molecule has 0 bridgehead atoms. The van der Waals surface area contributed by atoms with E-state index >= 15 is 0 Å². The number of carbonyl (C=O) groups is 1. The monoisotopic (exact) mass is 339 g/mol.